The third-order valence-electron chi connectivity index (χ3n) is 6.64. The first-order valence-corrected chi connectivity index (χ1v) is 10.0. The van der Waals surface area contributed by atoms with E-state index in [0.717, 1.165) is 31.2 Å². The number of aromatic hydroxyl groups is 1. The molecule has 168 valence electrons. The fraction of sp³-hybridized carbons (Fsp3) is 0.381. The lowest BCUT2D eigenvalue weighted by molar-refractivity contribution is -0.138. The van der Waals surface area contributed by atoms with Gasteiger partial charge in [0.25, 0.3) is 11.8 Å². The summed E-state index contributed by atoms with van der Waals surface area (Å²) >= 11 is 0. The predicted octanol–water partition coefficient (Wildman–Crippen LogP) is 2.26. The number of rotatable bonds is 3. The van der Waals surface area contributed by atoms with Gasteiger partial charge in [0.2, 0.25) is 5.43 Å². The summed E-state index contributed by atoms with van der Waals surface area (Å²) in [6.07, 6.45) is -1.82. The van der Waals surface area contributed by atoms with Gasteiger partial charge in [-0.2, -0.15) is 13.2 Å². The summed E-state index contributed by atoms with van der Waals surface area (Å²) in [6.45, 7) is -0.304. The number of aromatic nitrogens is 1. The minimum atomic E-state index is -4.83. The Hall–Kier alpha value is -3.37. The predicted molar refractivity (Wildman–Crippen MR) is 101 cm³/mol. The van der Waals surface area contributed by atoms with Crippen LogP contribution in [-0.4, -0.2) is 38.5 Å². The minimum Gasteiger partial charge on any atom is -0.503 e. The molecule has 1 aliphatic carbocycles. The number of halogens is 4. The van der Waals surface area contributed by atoms with E-state index in [1.54, 1.807) is 4.90 Å². The van der Waals surface area contributed by atoms with Gasteiger partial charge in [0.1, 0.15) is 11.4 Å². The van der Waals surface area contributed by atoms with Gasteiger partial charge >= 0.3 is 6.18 Å². The maximum Gasteiger partial charge on any atom is 0.416 e. The molecule has 2 N–H and O–H groups in total. The molecule has 3 heterocycles. The van der Waals surface area contributed by atoms with Crippen molar-refractivity contribution in [2.75, 3.05) is 0 Å². The Balaban J connectivity index is 1.42. The second-order valence-electron chi connectivity index (χ2n) is 8.29. The highest BCUT2D eigenvalue weighted by Crippen LogP contribution is 2.50. The topological polar surface area (TPSA) is 91.6 Å². The molecule has 1 saturated heterocycles. The van der Waals surface area contributed by atoms with Gasteiger partial charge in [-0.25, -0.2) is 4.39 Å². The highest BCUT2D eigenvalue weighted by molar-refractivity contribution is 5.99. The van der Waals surface area contributed by atoms with Crippen molar-refractivity contribution in [1.82, 2.24) is 14.8 Å². The van der Waals surface area contributed by atoms with Crippen molar-refractivity contribution in [1.29, 1.82) is 0 Å². The van der Waals surface area contributed by atoms with Crippen molar-refractivity contribution >= 4 is 11.8 Å². The van der Waals surface area contributed by atoms with E-state index in [4.69, 9.17) is 0 Å². The summed E-state index contributed by atoms with van der Waals surface area (Å²) < 4.78 is 54.1. The van der Waals surface area contributed by atoms with Crippen molar-refractivity contribution < 1.29 is 32.3 Å². The lowest BCUT2D eigenvalue weighted by Gasteiger charge is -2.63. The molecule has 7 nitrogen and oxygen atoms in total. The molecule has 1 unspecified atom stereocenters. The monoisotopic (exact) mass is 451 g/mol. The van der Waals surface area contributed by atoms with Crippen LogP contribution in [0, 0.1) is 11.7 Å². The van der Waals surface area contributed by atoms with Gasteiger partial charge in [0, 0.05) is 31.2 Å². The van der Waals surface area contributed by atoms with Crippen LogP contribution >= 0.6 is 0 Å². The van der Waals surface area contributed by atoms with Crippen molar-refractivity contribution in [3.63, 3.8) is 0 Å². The third kappa shape index (κ3) is 2.90. The van der Waals surface area contributed by atoms with Gasteiger partial charge in [0.05, 0.1) is 11.6 Å². The quantitative estimate of drug-likeness (QED) is 0.701. The molecule has 2 aromatic rings. The molecule has 0 bridgehead atoms. The first kappa shape index (κ1) is 20.5. The normalized spacial score (nSPS) is 23.4. The maximum atomic E-state index is 13.3. The van der Waals surface area contributed by atoms with Crippen LogP contribution in [0.1, 0.15) is 44.8 Å². The van der Waals surface area contributed by atoms with Crippen molar-refractivity contribution in [3.8, 4) is 5.75 Å². The van der Waals surface area contributed by atoms with Gasteiger partial charge in [-0.05, 0) is 30.5 Å². The van der Waals surface area contributed by atoms with E-state index in [1.807, 2.05) is 0 Å². The van der Waals surface area contributed by atoms with E-state index in [2.05, 4.69) is 5.32 Å². The first-order valence-electron chi connectivity index (χ1n) is 10.0. The van der Waals surface area contributed by atoms with Crippen LogP contribution in [0.4, 0.5) is 17.6 Å². The maximum absolute atomic E-state index is 13.3. The Bertz CT molecular complexity index is 1220. The molecule has 1 aromatic heterocycles. The fourth-order valence-corrected chi connectivity index (χ4v) is 4.92. The van der Waals surface area contributed by atoms with Gasteiger partial charge < -0.3 is 19.9 Å². The molecule has 3 atom stereocenters. The zero-order chi connectivity index (χ0) is 22.9. The minimum absolute atomic E-state index is 0.0693. The fourth-order valence-electron chi connectivity index (χ4n) is 4.92. The van der Waals surface area contributed by atoms with Crippen LogP contribution in [0.25, 0.3) is 0 Å². The number of fused-ring (bicyclic) bond motifs is 5. The second-order valence-corrected chi connectivity index (χ2v) is 8.29. The zero-order valence-electron chi connectivity index (χ0n) is 16.4. The zero-order valence-corrected chi connectivity index (χ0v) is 16.4. The van der Waals surface area contributed by atoms with Crippen LogP contribution in [0.15, 0.2) is 29.2 Å². The number of amides is 2. The molecule has 5 rings (SSSR count). The van der Waals surface area contributed by atoms with Crippen LogP contribution in [0.2, 0.25) is 0 Å². The number of carbonyl (C=O) groups excluding carboxylic acids is 2. The van der Waals surface area contributed by atoms with Crippen molar-refractivity contribution in [3.05, 3.63) is 62.8 Å². The number of benzene rings is 1. The van der Waals surface area contributed by atoms with E-state index in [9.17, 15) is 37.1 Å². The van der Waals surface area contributed by atoms with E-state index in [-0.39, 0.29) is 23.3 Å². The van der Waals surface area contributed by atoms with Crippen LogP contribution in [0.5, 0.6) is 5.75 Å². The lowest BCUT2D eigenvalue weighted by Crippen LogP contribution is -2.73. The molecule has 2 aliphatic heterocycles. The van der Waals surface area contributed by atoms with E-state index in [0.29, 0.717) is 18.5 Å². The molecule has 0 spiro atoms. The number of alkyl halides is 3. The Kier molecular flexibility index (Phi) is 4.37. The number of nitrogens with zero attached hydrogens (tertiary/aromatic N) is 2. The average Bonchev–Trinajstić information content (AvgIpc) is 2.70. The highest BCUT2D eigenvalue weighted by Gasteiger charge is 2.58. The van der Waals surface area contributed by atoms with E-state index >= 15 is 0 Å². The summed E-state index contributed by atoms with van der Waals surface area (Å²) in [5, 5.41) is 12.6. The van der Waals surface area contributed by atoms with E-state index < -0.39 is 52.7 Å². The summed E-state index contributed by atoms with van der Waals surface area (Å²) in [7, 11) is 0. The first-order chi connectivity index (χ1) is 15.1. The van der Waals surface area contributed by atoms with Gasteiger partial charge in [0.15, 0.2) is 11.4 Å². The van der Waals surface area contributed by atoms with Crippen molar-refractivity contribution in [2.24, 2.45) is 5.92 Å². The number of carbonyl (C=O) groups is 2. The Morgan fingerprint density at radius 1 is 1.19 bits per heavy atom. The van der Waals surface area contributed by atoms with E-state index in [1.165, 1.54) is 4.57 Å². The Morgan fingerprint density at radius 2 is 1.94 bits per heavy atom. The summed E-state index contributed by atoms with van der Waals surface area (Å²) in [5.74, 6) is -3.06. The van der Waals surface area contributed by atoms with Crippen LogP contribution < -0.4 is 10.7 Å². The molecule has 0 radical (unpaired) electrons. The molecular formula is C21H17F4N3O4. The number of piperidine rings is 1. The molecule has 1 aromatic carbocycles. The molecule has 32 heavy (non-hydrogen) atoms. The average molecular weight is 451 g/mol. The number of hydrogen-bond acceptors (Lipinski definition) is 4. The molecule has 2 fully saturated rings. The summed E-state index contributed by atoms with van der Waals surface area (Å²) in [6, 6.07) is 2.11. The third-order valence-corrected chi connectivity index (χ3v) is 6.64. The number of nitrogens with one attached hydrogen (secondary N) is 1. The largest absolute Gasteiger partial charge is 0.503 e. The van der Waals surface area contributed by atoms with Gasteiger partial charge in [-0.1, -0.05) is 6.07 Å². The Morgan fingerprint density at radius 3 is 2.59 bits per heavy atom. The SMILES string of the molecule is O=C(NCc1ccc(F)cc1C(F)(F)F)c1cn2c(c(O)c1=O)C(=O)N1[C@H]3CCC3[C@@H]1C2. The molecule has 11 heteroatoms. The molecule has 1 saturated carbocycles. The second kappa shape index (κ2) is 6.81. The number of pyridine rings is 1. The molecular weight excluding hydrogens is 434 g/mol. The van der Waals surface area contributed by atoms with Gasteiger partial charge in [-0.3, -0.25) is 14.4 Å². The summed E-state index contributed by atoms with van der Waals surface area (Å²) in [4.78, 5) is 39.6. The van der Waals surface area contributed by atoms with Crippen LogP contribution in [0.3, 0.4) is 0 Å². The standard InChI is InChI=1S/C21H17F4N3O4/c22-10-2-1-9(13(5-10)21(23,24)25)6-26-19(31)12-7-27-8-15-11-3-4-14(11)28(15)20(32)16(27)18(30)17(12)29/h1-2,5,7,11,14-15,30H,3-4,6,8H2,(H,26,31)/t11?,14-,15-/m0/s1. The lowest BCUT2D eigenvalue weighted by atomic mass is 9.64. The smallest absolute Gasteiger partial charge is 0.416 e. The number of hydrogen-bond donors (Lipinski definition) is 2. The highest BCUT2D eigenvalue weighted by atomic mass is 19.4. The van der Waals surface area contributed by atoms with Crippen molar-refractivity contribution in [2.45, 2.75) is 44.2 Å². The molecule has 3 aliphatic rings. The van der Waals surface area contributed by atoms with Gasteiger partial charge in [-0.15, -0.1) is 0 Å². The summed E-state index contributed by atoms with van der Waals surface area (Å²) in [5.41, 5.74) is -3.39. The molecule has 2 amide bonds. The Labute approximate surface area is 178 Å². The van der Waals surface area contributed by atoms with Crippen LogP contribution in [-0.2, 0) is 19.3 Å².